The zero-order valence-corrected chi connectivity index (χ0v) is 15.3. The lowest BCUT2D eigenvalue weighted by molar-refractivity contribution is -0.142. The third-order valence-corrected chi connectivity index (χ3v) is 5.75. The lowest BCUT2D eigenvalue weighted by Crippen LogP contribution is -2.49. The molecule has 0 spiro atoms. The Hall–Kier alpha value is -2.18. The Bertz CT molecular complexity index is 662. The molecule has 1 saturated carbocycles. The van der Waals surface area contributed by atoms with Gasteiger partial charge in [-0.1, -0.05) is 0 Å². The molecule has 7 heteroatoms. The van der Waals surface area contributed by atoms with E-state index in [1.165, 1.54) is 12.1 Å². The summed E-state index contributed by atoms with van der Waals surface area (Å²) < 4.78 is 26.6. The molecule has 1 saturated heterocycles. The van der Waals surface area contributed by atoms with Gasteiger partial charge in [-0.3, -0.25) is 4.79 Å². The van der Waals surface area contributed by atoms with Crippen LogP contribution in [0.25, 0.3) is 0 Å². The second kappa shape index (κ2) is 8.67. The van der Waals surface area contributed by atoms with E-state index < -0.39 is 17.6 Å². The van der Waals surface area contributed by atoms with Crippen LogP contribution in [0.3, 0.4) is 0 Å². The van der Waals surface area contributed by atoms with Crippen LogP contribution in [0.4, 0.5) is 13.6 Å². The average Bonchev–Trinajstić information content (AvgIpc) is 2.62. The van der Waals surface area contributed by atoms with E-state index in [0.717, 1.165) is 18.9 Å². The molecule has 3 rings (SSSR count). The molecule has 0 aromatic heterocycles. The predicted octanol–water partition coefficient (Wildman–Crippen LogP) is 3.57. The highest BCUT2D eigenvalue weighted by Crippen LogP contribution is 2.26. The van der Waals surface area contributed by atoms with Crippen molar-refractivity contribution >= 4 is 12.0 Å². The van der Waals surface area contributed by atoms with Crippen molar-refractivity contribution in [2.45, 2.75) is 51.0 Å². The van der Waals surface area contributed by atoms with Gasteiger partial charge in [0.2, 0.25) is 0 Å². The van der Waals surface area contributed by atoms with E-state index in [-0.39, 0.29) is 18.0 Å². The summed E-state index contributed by atoms with van der Waals surface area (Å²) in [5.74, 6) is -1.85. The summed E-state index contributed by atoms with van der Waals surface area (Å²) in [6.07, 6.45) is 4.83. The molecule has 2 amide bonds. The van der Waals surface area contributed by atoms with Crippen LogP contribution >= 0.6 is 0 Å². The number of piperidine rings is 1. The molecule has 2 aliphatic rings. The van der Waals surface area contributed by atoms with Gasteiger partial charge < -0.3 is 15.3 Å². The summed E-state index contributed by atoms with van der Waals surface area (Å²) in [6, 6.07) is 3.57. The van der Waals surface area contributed by atoms with Crippen LogP contribution in [0.1, 0.15) is 44.1 Å². The summed E-state index contributed by atoms with van der Waals surface area (Å²) in [5.41, 5.74) is 0.658. The molecule has 0 unspecified atom stereocenters. The predicted molar refractivity (Wildman–Crippen MR) is 96.3 cm³/mol. The van der Waals surface area contributed by atoms with Crippen LogP contribution in [0.15, 0.2) is 18.2 Å². The molecule has 0 atom stereocenters. The van der Waals surface area contributed by atoms with Crippen molar-refractivity contribution < 1.29 is 23.5 Å². The SMILES string of the molecule is O=C(O)C1CCC(NC(=O)N2CCC(Cc3cc(F)cc(F)c3)CC2)CC1. The second-order valence-corrected chi connectivity index (χ2v) is 7.75. The van der Waals surface area contributed by atoms with Crippen molar-refractivity contribution in [3.05, 3.63) is 35.4 Å². The Labute approximate surface area is 157 Å². The van der Waals surface area contributed by atoms with Crippen molar-refractivity contribution in [2.75, 3.05) is 13.1 Å². The third-order valence-electron chi connectivity index (χ3n) is 5.75. The van der Waals surface area contributed by atoms with Crippen LogP contribution in [0, 0.1) is 23.5 Å². The number of hydrogen-bond donors (Lipinski definition) is 2. The van der Waals surface area contributed by atoms with E-state index in [9.17, 15) is 18.4 Å². The zero-order chi connectivity index (χ0) is 19.4. The van der Waals surface area contributed by atoms with E-state index in [1.807, 2.05) is 0 Å². The van der Waals surface area contributed by atoms with Crippen LogP contribution < -0.4 is 5.32 Å². The maximum atomic E-state index is 13.3. The minimum absolute atomic E-state index is 0.0427. The van der Waals surface area contributed by atoms with Crippen LogP contribution in [0.2, 0.25) is 0 Å². The fourth-order valence-corrected chi connectivity index (χ4v) is 4.15. The topological polar surface area (TPSA) is 69.6 Å². The standard InChI is InChI=1S/C20H26F2N2O3/c21-16-10-14(11-17(22)12-16)9-13-5-7-24(8-6-13)20(27)23-18-3-1-15(2-4-18)19(25)26/h10-13,15,18H,1-9H2,(H,23,27)(H,25,26). The van der Waals surface area contributed by atoms with E-state index >= 15 is 0 Å². The molecule has 5 nitrogen and oxygen atoms in total. The largest absolute Gasteiger partial charge is 0.481 e. The number of benzene rings is 1. The van der Waals surface area contributed by atoms with E-state index in [0.29, 0.717) is 56.7 Å². The second-order valence-electron chi connectivity index (χ2n) is 7.75. The van der Waals surface area contributed by atoms with Crippen LogP contribution in [-0.2, 0) is 11.2 Å². The molecule has 1 aliphatic heterocycles. The molecular formula is C20H26F2N2O3. The van der Waals surface area contributed by atoms with Gasteiger partial charge in [0.15, 0.2) is 0 Å². The molecule has 2 N–H and O–H groups in total. The summed E-state index contributed by atoms with van der Waals surface area (Å²) in [5, 5.41) is 12.1. The van der Waals surface area contributed by atoms with Gasteiger partial charge >= 0.3 is 12.0 Å². The summed E-state index contributed by atoms with van der Waals surface area (Å²) in [7, 11) is 0. The summed E-state index contributed by atoms with van der Waals surface area (Å²) in [6.45, 7) is 1.25. The Balaban J connectivity index is 1.42. The van der Waals surface area contributed by atoms with Gasteiger partial charge in [0.1, 0.15) is 11.6 Å². The maximum absolute atomic E-state index is 13.3. The number of nitrogens with one attached hydrogen (secondary N) is 1. The number of hydrogen-bond acceptors (Lipinski definition) is 2. The number of nitrogens with zero attached hydrogens (tertiary/aromatic N) is 1. The monoisotopic (exact) mass is 380 g/mol. The van der Waals surface area contributed by atoms with E-state index in [1.54, 1.807) is 4.90 Å². The number of rotatable bonds is 4. The molecule has 0 bridgehead atoms. The number of halogens is 2. The first-order chi connectivity index (χ1) is 12.9. The van der Waals surface area contributed by atoms with Crippen molar-refractivity contribution in [2.24, 2.45) is 11.8 Å². The normalized spacial score (nSPS) is 23.9. The van der Waals surface area contributed by atoms with E-state index in [2.05, 4.69) is 5.32 Å². The fraction of sp³-hybridized carbons (Fsp3) is 0.600. The lowest BCUT2D eigenvalue weighted by atomic mass is 9.86. The Morgan fingerprint density at radius 1 is 1.00 bits per heavy atom. The van der Waals surface area contributed by atoms with Crippen LogP contribution in [-0.4, -0.2) is 41.1 Å². The molecule has 27 heavy (non-hydrogen) atoms. The average molecular weight is 380 g/mol. The molecule has 1 aromatic rings. The number of aliphatic carboxylic acids is 1. The fourth-order valence-electron chi connectivity index (χ4n) is 4.15. The van der Waals surface area contributed by atoms with E-state index in [4.69, 9.17) is 5.11 Å². The first kappa shape index (κ1) is 19.6. The first-order valence-electron chi connectivity index (χ1n) is 9.64. The summed E-state index contributed by atoms with van der Waals surface area (Å²) in [4.78, 5) is 25.2. The van der Waals surface area contributed by atoms with Crippen molar-refractivity contribution in [1.29, 1.82) is 0 Å². The molecular weight excluding hydrogens is 354 g/mol. The first-order valence-corrected chi connectivity index (χ1v) is 9.64. The van der Waals surface area contributed by atoms with Crippen molar-refractivity contribution in [3.63, 3.8) is 0 Å². The van der Waals surface area contributed by atoms with Gasteiger partial charge in [-0.2, -0.15) is 0 Å². The lowest BCUT2D eigenvalue weighted by Gasteiger charge is -2.34. The molecule has 148 valence electrons. The van der Waals surface area contributed by atoms with Gasteiger partial charge in [-0.25, -0.2) is 13.6 Å². The molecule has 1 aliphatic carbocycles. The highest BCUT2D eigenvalue weighted by Gasteiger charge is 2.29. The zero-order valence-electron chi connectivity index (χ0n) is 15.3. The minimum Gasteiger partial charge on any atom is -0.481 e. The number of carboxylic acid groups (broad SMARTS) is 1. The minimum atomic E-state index is -0.750. The smallest absolute Gasteiger partial charge is 0.317 e. The number of carboxylic acids is 1. The Morgan fingerprint density at radius 2 is 1.59 bits per heavy atom. The number of carbonyl (C=O) groups is 2. The number of amides is 2. The van der Waals surface area contributed by atoms with Gasteiger partial charge in [0.05, 0.1) is 5.92 Å². The molecule has 1 heterocycles. The highest BCUT2D eigenvalue weighted by molar-refractivity contribution is 5.74. The van der Waals surface area contributed by atoms with Gasteiger partial charge in [-0.05, 0) is 68.6 Å². The molecule has 0 radical (unpaired) electrons. The quantitative estimate of drug-likeness (QED) is 0.839. The van der Waals surface area contributed by atoms with Crippen molar-refractivity contribution in [1.82, 2.24) is 10.2 Å². The number of urea groups is 1. The number of carbonyl (C=O) groups excluding carboxylic acids is 1. The maximum Gasteiger partial charge on any atom is 0.317 e. The van der Waals surface area contributed by atoms with Gasteiger partial charge in [0.25, 0.3) is 0 Å². The summed E-state index contributed by atoms with van der Waals surface area (Å²) >= 11 is 0. The highest BCUT2D eigenvalue weighted by atomic mass is 19.1. The van der Waals surface area contributed by atoms with Crippen molar-refractivity contribution in [3.8, 4) is 0 Å². The molecule has 1 aromatic carbocycles. The van der Waals surface area contributed by atoms with Gasteiger partial charge in [-0.15, -0.1) is 0 Å². The van der Waals surface area contributed by atoms with Crippen LogP contribution in [0.5, 0.6) is 0 Å². The Morgan fingerprint density at radius 3 is 2.15 bits per heavy atom. The molecule has 2 fully saturated rings. The van der Waals surface area contributed by atoms with Gasteiger partial charge in [0, 0.05) is 25.2 Å². The number of likely N-dealkylation sites (tertiary alicyclic amines) is 1. The third kappa shape index (κ3) is 5.40. The Kier molecular flexibility index (Phi) is 6.29.